The van der Waals surface area contributed by atoms with Crippen molar-refractivity contribution < 1.29 is 19.1 Å². The number of methoxy groups -OCH3 is 2. The quantitative estimate of drug-likeness (QED) is 0.427. The SMILES string of the molecule is CN(C)CC=O.COc1cccc(CN2C(=O)N(c3ccc(-c4cn[nH]c4)c(OC)n3)CC23CCN(C)CC3)c1. The van der Waals surface area contributed by atoms with Crippen molar-refractivity contribution in [3.63, 3.8) is 0 Å². The fourth-order valence-electron chi connectivity index (χ4n) is 5.13. The van der Waals surface area contributed by atoms with Crippen molar-refractivity contribution >= 4 is 18.1 Å². The van der Waals surface area contributed by atoms with Crippen LogP contribution in [0.15, 0.2) is 48.8 Å². The van der Waals surface area contributed by atoms with E-state index in [1.807, 2.05) is 60.3 Å². The first-order valence-electron chi connectivity index (χ1n) is 13.3. The zero-order valence-electron chi connectivity index (χ0n) is 24.0. The molecule has 0 saturated carbocycles. The van der Waals surface area contributed by atoms with Gasteiger partial charge < -0.3 is 29.0 Å². The van der Waals surface area contributed by atoms with E-state index in [9.17, 15) is 9.59 Å². The van der Waals surface area contributed by atoms with Crippen LogP contribution in [-0.2, 0) is 11.3 Å². The van der Waals surface area contributed by atoms with Gasteiger partial charge in [0.1, 0.15) is 17.9 Å². The molecule has 2 aliphatic rings. The van der Waals surface area contributed by atoms with Gasteiger partial charge >= 0.3 is 6.03 Å². The van der Waals surface area contributed by atoms with Crippen LogP contribution in [0.2, 0.25) is 0 Å². The highest BCUT2D eigenvalue weighted by Crippen LogP contribution is 2.40. The normalized spacial score (nSPS) is 16.7. The lowest BCUT2D eigenvalue weighted by Gasteiger charge is -2.42. The molecule has 2 aliphatic heterocycles. The van der Waals surface area contributed by atoms with Crippen LogP contribution in [0, 0.1) is 0 Å². The maximum atomic E-state index is 13.8. The molecule has 4 heterocycles. The monoisotopic (exact) mass is 549 g/mol. The summed E-state index contributed by atoms with van der Waals surface area (Å²) >= 11 is 0. The lowest BCUT2D eigenvalue weighted by Crippen LogP contribution is -2.53. The maximum Gasteiger partial charge on any atom is 0.326 e. The van der Waals surface area contributed by atoms with Crippen molar-refractivity contribution in [1.82, 2.24) is 29.9 Å². The van der Waals surface area contributed by atoms with E-state index in [1.165, 1.54) is 0 Å². The van der Waals surface area contributed by atoms with Crippen molar-refractivity contribution in [2.45, 2.75) is 24.9 Å². The third kappa shape index (κ3) is 6.43. The molecule has 2 aromatic heterocycles. The number of carbonyl (C=O) groups excluding carboxylic acids is 2. The van der Waals surface area contributed by atoms with E-state index in [4.69, 9.17) is 14.5 Å². The summed E-state index contributed by atoms with van der Waals surface area (Å²) in [6.07, 6.45) is 6.23. The van der Waals surface area contributed by atoms with E-state index in [0.29, 0.717) is 31.3 Å². The second-order valence-corrected chi connectivity index (χ2v) is 10.5. The van der Waals surface area contributed by atoms with Gasteiger partial charge in [0.25, 0.3) is 0 Å². The number of aromatic nitrogens is 3. The number of aromatic amines is 1. The second kappa shape index (κ2) is 12.9. The van der Waals surface area contributed by atoms with Crippen molar-refractivity contribution in [2.24, 2.45) is 0 Å². The van der Waals surface area contributed by atoms with Gasteiger partial charge in [0, 0.05) is 37.0 Å². The molecule has 40 heavy (non-hydrogen) atoms. The van der Waals surface area contributed by atoms with Crippen LogP contribution in [0.1, 0.15) is 18.4 Å². The number of nitrogens with one attached hydrogen (secondary N) is 1. The number of pyridine rings is 1. The minimum Gasteiger partial charge on any atom is -0.497 e. The highest BCUT2D eigenvalue weighted by atomic mass is 16.5. The number of benzene rings is 1. The third-order valence-electron chi connectivity index (χ3n) is 7.44. The van der Waals surface area contributed by atoms with Crippen LogP contribution in [0.4, 0.5) is 10.6 Å². The minimum absolute atomic E-state index is 0.0296. The number of urea groups is 1. The van der Waals surface area contributed by atoms with Gasteiger partial charge in [-0.05, 0) is 63.8 Å². The van der Waals surface area contributed by atoms with Crippen molar-refractivity contribution in [3.05, 3.63) is 54.4 Å². The molecule has 0 bridgehead atoms. The van der Waals surface area contributed by atoms with Gasteiger partial charge in [0.05, 0.1) is 39.0 Å². The van der Waals surface area contributed by atoms with Gasteiger partial charge in [-0.25, -0.2) is 4.79 Å². The van der Waals surface area contributed by atoms with E-state index in [1.54, 1.807) is 31.5 Å². The molecule has 0 radical (unpaired) electrons. The molecule has 214 valence electrons. The zero-order chi connectivity index (χ0) is 28.7. The molecule has 3 aromatic rings. The van der Waals surface area contributed by atoms with E-state index in [2.05, 4.69) is 22.1 Å². The summed E-state index contributed by atoms with van der Waals surface area (Å²) in [7, 11) is 9.10. The summed E-state index contributed by atoms with van der Waals surface area (Å²) < 4.78 is 11.0. The molecule has 0 atom stereocenters. The number of piperidine rings is 1. The number of carbonyl (C=O) groups is 2. The third-order valence-corrected chi connectivity index (χ3v) is 7.44. The molecular formula is C29H39N7O4. The first kappa shape index (κ1) is 29.0. The number of hydrogen-bond acceptors (Lipinski definition) is 8. The number of anilines is 1. The Labute approximate surface area is 235 Å². The van der Waals surface area contributed by atoms with Gasteiger partial charge in [-0.3, -0.25) is 10.00 Å². The Morgan fingerprint density at radius 3 is 2.50 bits per heavy atom. The number of amides is 2. The molecule has 0 unspecified atom stereocenters. The minimum atomic E-state index is -0.245. The Morgan fingerprint density at radius 2 is 1.90 bits per heavy atom. The molecule has 2 amide bonds. The van der Waals surface area contributed by atoms with Gasteiger partial charge in [-0.2, -0.15) is 10.1 Å². The molecule has 1 spiro atoms. The smallest absolute Gasteiger partial charge is 0.326 e. The first-order valence-corrected chi connectivity index (χ1v) is 13.3. The number of H-pyrrole nitrogens is 1. The fraction of sp³-hybridized carbons (Fsp3) is 0.448. The first-order chi connectivity index (χ1) is 19.3. The number of rotatable bonds is 8. The van der Waals surface area contributed by atoms with Crippen LogP contribution >= 0.6 is 0 Å². The summed E-state index contributed by atoms with van der Waals surface area (Å²) in [5, 5.41) is 6.84. The standard InChI is InChI=1S/C25H30N6O3.C4H9NO/c1-29-11-9-25(10-12-29)17-30(24(32)31(25)16-18-5-4-6-20(13-18)33-2)22-8-7-21(23(28-22)34-3)19-14-26-27-15-19;1-5(2)3-4-6/h4-8,13-15H,9-12,16-17H2,1-3H3,(H,26,27);4H,3H2,1-2H3. The van der Waals surface area contributed by atoms with E-state index in [0.717, 1.165) is 54.7 Å². The molecule has 1 aromatic carbocycles. The Kier molecular flexibility index (Phi) is 9.38. The molecule has 0 aliphatic carbocycles. The number of nitrogens with zero attached hydrogens (tertiary/aromatic N) is 6. The average Bonchev–Trinajstić information content (AvgIpc) is 3.58. The van der Waals surface area contributed by atoms with Crippen LogP contribution in [0.25, 0.3) is 11.1 Å². The maximum absolute atomic E-state index is 13.8. The summed E-state index contributed by atoms with van der Waals surface area (Å²) in [5.74, 6) is 1.86. The predicted molar refractivity (Wildman–Crippen MR) is 154 cm³/mol. The Balaban J connectivity index is 0.000000557. The summed E-state index contributed by atoms with van der Waals surface area (Å²) in [5.41, 5.74) is 2.52. The average molecular weight is 550 g/mol. The lowest BCUT2D eigenvalue weighted by atomic mass is 9.86. The topological polar surface area (TPSA) is 107 Å². The van der Waals surface area contributed by atoms with Gasteiger partial charge in [-0.15, -0.1) is 0 Å². The van der Waals surface area contributed by atoms with Crippen molar-refractivity contribution in [1.29, 1.82) is 0 Å². The number of hydrogen-bond donors (Lipinski definition) is 1. The van der Waals surface area contributed by atoms with Crippen LogP contribution in [-0.4, -0.2) is 109 Å². The Morgan fingerprint density at radius 1 is 1.12 bits per heavy atom. The van der Waals surface area contributed by atoms with Crippen molar-refractivity contribution in [2.75, 3.05) is 66.4 Å². The molecule has 11 nitrogen and oxygen atoms in total. The fourth-order valence-corrected chi connectivity index (χ4v) is 5.13. The molecule has 2 fully saturated rings. The number of aldehydes is 1. The predicted octanol–water partition coefficient (Wildman–Crippen LogP) is 3.14. The number of likely N-dealkylation sites (tertiary alicyclic amines) is 1. The van der Waals surface area contributed by atoms with Crippen LogP contribution in [0.5, 0.6) is 11.6 Å². The second-order valence-electron chi connectivity index (χ2n) is 10.5. The van der Waals surface area contributed by atoms with E-state index < -0.39 is 0 Å². The Hall–Kier alpha value is -3.96. The summed E-state index contributed by atoms with van der Waals surface area (Å²) in [6.45, 7) is 3.56. The number of ether oxygens (including phenoxy) is 2. The highest BCUT2D eigenvalue weighted by molar-refractivity contribution is 5.95. The molecule has 11 heteroatoms. The van der Waals surface area contributed by atoms with Crippen LogP contribution in [0.3, 0.4) is 0 Å². The van der Waals surface area contributed by atoms with Gasteiger partial charge in [-0.1, -0.05) is 12.1 Å². The van der Waals surface area contributed by atoms with E-state index >= 15 is 0 Å². The number of likely N-dealkylation sites (N-methyl/N-ethyl adjacent to an activating group) is 1. The molecule has 1 N–H and O–H groups in total. The lowest BCUT2D eigenvalue weighted by molar-refractivity contribution is -0.108. The largest absolute Gasteiger partial charge is 0.497 e. The zero-order valence-corrected chi connectivity index (χ0v) is 24.0. The summed E-state index contributed by atoms with van der Waals surface area (Å²) in [4.78, 5) is 36.1. The molecular weight excluding hydrogens is 510 g/mol. The van der Waals surface area contributed by atoms with E-state index in [-0.39, 0.29) is 11.6 Å². The van der Waals surface area contributed by atoms with Crippen LogP contribution < -0.4 is 14.4 Å². The Bertz CT molecular complexity index is 1270. The molecule has 2 saturated heterocycles. The summed E-state index contributed by atoms with van der Waals surface area (Å²) in [6, 6.07) is 11.7. The van der Waals surface area contributed by atoms with Crippen molar-refractivity contribution in [3.8, 4) is 22.8 Å². The van der Waals surface area contributed by atoms with Gasteiger partial charge in [0.2, 0.25) is 5.88 Å². The van der Waals surface area contributed by atoms with Gasteiger partial charge in [0.15, 0.2) is 0 Å². The molecule has 5 rings (SSSR count). The highest BCUT2D eigenvalue weighted by Gasteiger charge is 2.51.